The summed E-state index contributed by atoms with van der Waals surface area (Å²) in [5, 5.41) is 18.9. The first-order valence-corrected chi connectivity index (χ1v) is 4.55. The van der Waals surface area contributed by atoms with Gasteiger partial charge in [0.05, 0.1) is 5.75 Å². The second-order valence-electron chi connectivity index (χ2n) is 1.97. The summed E-state index contributed by atoms with van der Waals surface area (Å²) < 4.78 is 28.3. The minimum Gasteiger partial charge on any atom is -0.367 e. The van der Waals surface area contributed by atoms with Crippen molar-refractivity contribution in [3.05, 3.63) is 0 Å². The molecule has 6 nitrogen and oxygen atoms in total. The molecule has 0 aliphatic heterocycles. The van der Waals surface area contributed by atoms with Gasteiger partial charge in [-0.3, -0.25) is 4.55 Å². The molecule has 7 heteroatoms. The number of nitrogens with one attached hydrogen (secondary N) is 1. The van der Waals surface area contributed by atoms with E-state index in [2.05, 4.69) is 5.32 Å². The van der Waals surface area contributed by atoms with Gasteiger partial charge in [0, 0.05) is 13.1 Å². The molecular weight excluding hydrogens is 174 g/mol. The molecule has 0 atom stereocenters. The summed E-state index contributed by atoms with van der Waals surface area (Å²) in [5.41, 5.74) is 0. The number of hydrogen-bond acceptors (Lipinski definition) is 5. The Balaban J connectivity index is 3.30. The summed E-state index contributed by atoms with van der Waals surface area (Å²) in [7, 11) is -3.95. The SMILES string of the molecule is O=S(=O)(O)CCNCC(O)O. The van der Waals surface area contributed by atoms with Gasteiger partial charge >= 0.3 is 0 Å². The topological polar surface area (TPSA) is 107 Å². The van der Waals surface area contributed by atoms with Crippen molar-refractivity contribution >= 4 is 10.1 Å². The van der Waals surface area contributed by atoms with Crippen LogP contribution in [0.4, 0.5) is 0 Å². The van der Waals surface area contributed by atoms with Gasteiger partial charge in [0.25, 0.3) is 10.1 Å². The molecule has 68 valence electrons. The maximum Gasteiger partial charge on any atom is 0.266 e. The highest BCUT2D eigenvalue weighted by atomic mass is 32.2. The van der Waals surface area contributed by atoms with Gasteiger partial charge in [0.15, 0.2) is 6.29 Å². The van der Waals surface area contributed by atoms with E-state index in [4.69, 9.17) is 14.8 Å². The highest BCUT2D eigenvalue weighted by molar-refractivity contribution is 7.85. The molecule has 0 spiro atoms. The molecular formula is C4H11NO5S. The molecule has 0 amide bonds. The number of aliphatic hydroxyl groups is 2. The minimum absolute atomic E-state index is 0.00352. The van der Waals surface area contributed by atoms with Gasteiger partial charge < -0.3 is 15.5 Å². The van der Waals surface area contributed by atoms with Crippen molar-refractivity contribution in [3.63, 3.8) is 0 Å². The van der Waals surface area contributed by atoms with Crippen LogP contribution < -0.4 is 5.32 Å². The molecule has 0 fully saturated rings. The van der Waals surface area contributed by atoms with E-state index < -0.39 is 22.2 Å². The summed E-state index contributed by atoms with van der Waals surface area (Å²) in [6.07, 6.45) is -1.50. The zero-order chi connectivity index (χ0) is 8.91. The average molecular weight is 185 g/mol. The summed E-state index contributed by atoms with van der Waals surface area (Å²) in [6, 6.07) is 0. The Morgan fingerprint density at radius 2 is 1.91 bits per heavy atom. The predicted molar refractivity (Wildman–Crippen MR) is 37.5 cm³/mol. The lowest BCUT2D eigenvalue weighted by atomic mass is 10.6. The van der Waals surface area contributed by atoms with Crippen molar-refractivity contribution in [2.45, 2.75) is 6.29 Å². The molecule has 0 saturated carbocycles. The van der Waals surface area contributed by atoms with E-state index in [0.717, 1.165) is 0 Å². The Labute approximate surface area is 64.6 Å². The second kappa shape index (κ2) is 4.62. The third-order valence-electron chi connectivity index (χ3n) is 0.864. The Morgan fingerprint density at radius 3 is 2.27 bits per heavy atom. The summed E-state index contributed by atoms with van der Waals surface area (Å²) in [5.74, 6) is -0.431. The molecule has 0 aliphatic carbocycles. The highest BCUT2D eigenvalue weighted by Gasteiger charge is 2.03. The van der Waals surface area contributed by atoms with Crippen LogP contribution in [-0.4, -0.2) is 48.3 Å². The maximum atomic E-state index is 10.1. The monoisotopic (exact) mass is 185 g/mol. The molecule has 0 radical (unpaired) electrons. The zero-order valence-corrected chi connectivity index (χ0v) is 6.58. The van der Waals surface area contributed by atoms with Crippen LogP contribution in [0, 0.1) is 0 Å². The van der Waals surface area contributed by atoms with Crippen LogP contribution in [0.5, 0.6) is 0 Å². The fourth-order valence-electron chi connectivity index (χ4n) is 0.432. The van der Waals surface area contributed by atoms with E-state index in [1.54, 1.807) is 0 Å². The molecule has 0 heterocycles. The van der Waals surface area contributed by atoms with Crippen molar-refractivity contribution in [1.29, 1.82) is 0 Å². The first-order chi connectivity index (χ1) is 4.92. The zero-order valence-electron chi connectivity index (χ0n) is 5.77. The molecule has 0 saturated heterocycles. The van der Waals surface area contributed by atoms with Gasteiger partial charge in [-0.25, -0.2) is 0 Å². The highest BCUT2D eigenvalue weighted by Crippen LogP contribution is 1.78. The van der Waals surface area contributed by atoms with Crippen LogP contribution in [-0.2, 0) is 10.1 Å². The number of aliphatic hydroxyl groups excluding tert-OH is 1. The van der Waals surface area contributed by atoms with Gasteiger partial charge in [-0.15, -0.1) is 0 Å². The van der Waals surface area contributed by atoms with Crippen LogP contribution in [0.2, 0.25) is 0 Å². The van der Waals surface area contributed by atoms with Crippen LogP contribution in [0.1, 0.15) is 0 Å². The maximum absolute atomic E-state index is 10.1. The third-order valence-corrected chi connectivity index (χ3v) is 1.58. The van der Waals surface area contributed by atoms with Gasteiger partial charge in [-0.1, -0.05) is 0 Å². The van der Waals surface area contributed by atoms with Gasteiger partial charge in [0.2, 0.25) is 0 Å². The van der Waals surface area contributed by atoms with E-state index in [0.29, 0.717) is 0 Å². The normalized spacial score (nSPS) is 12.4. The van der Waals surface area contributed by atoms with Crippen LogP contribution in [0.25, 0.3) is 0 Å². The lowest BCUT2D eigenvalue weighted by Gasteiger charge is -2.03. The van der Waals surface area contributed by atoms with Crippen molar-refractivity contribution in [3.8, 4) is 0 Å². The van der Waals surface area contributed by atoms with Gasteiger partial charge in [-0.05, 0) is 0 Å². The van der Waals surface area contributed by atoms with E-state index in [-0.39, 0.29) is 13.1 Å². The van der Waals surface area contributed by atoms with E-state index in [9.17, 15) is 8.42 Å². The van der Waals surface area contributed by atoms with Crippen LogP contribution in [0.3, 0.4) is 0 Å². The Morgan fingerprint density at radius 1 is 1.36 bits per heavy atom. The Bertz CT molecular complexity index is 187. The molecule has 0 rings (SSSR count). The molecule has 0 unspecified atom stereocenters. The largest absolute Gasteiger partial charge is 0.367 e. The smallest absolute Gasteiger partial charge is 0.266 e. The van der Waals surface area contributed by atoms with E-state index >= 15 is 0 Å². The van der Waals surface area contributed by atoms with Crippen molar-refractivity contribution in [2.24, 2.45) is 0 Å². The lowest BCUT2D eigenvalue weighted by molar-refractivity contribution is -0.0368. The first-order valence-electron chi connectivity index (χ1n) is 2.94. The van der Waals surface area contributed by atoms with Gasteiger partial charge in [-0.2, -0.15) is 8.42 Å². The molecule has 4 N–H and O–H groups in total. The van der Waals surface area contributed by atoms with Crippen molar-refractivity contribution in [1.82, 2.24) is 5.32 Å². The van der Waals surface area contributed by atoms with E-state index in [1.807, 2.05) is 0 Å². The fourth-order valence-corrected chi connectivity index (χ4v) is 0.835. The fraction of sp³-hybridized carbons (Fsp3) is 1.00. The average Bonchev–Trinajstić information content (AvgIpc) is 1.78. The number of hydrogen-bond donors (Lipinski definition) is 4. The standard InChI is InChI=1S/C4H11NO5S/c6-4(7)3-5-1-2-11(8,9)10/h4-7H,1-3H2,(H,8,9,10). The second-order valence-corrected chi connectivity index (χ2v) is 3.54. The van der Waals surface area contributed by atoms with Crippen LogP contribution in [0.15, 0.2) is 0 Å². The molecule has 0 aromatic rings. The predicted octanol–water partition coefficient (Wildman–Crippen LogP) is -2.23. The molecule has 11 heavy (non-hydrogen) atoms. The Hall–Kier alpha value is -0.210. The molecule has 0 bridgehead atoms. The van der Waals surface area contributed by atoms with Crippen molar-refractivity contribution < 1.29 is 23.2 Å². The summed E-state index contributed by atoms with van der Waals surface area (Å²) in [4.78, 5) is 0. The quantitative estimate of drug-likeness (QED) is 0.219. The first kappa shape index (κ1) is 10.8. The van der Waals surface area contributed by atoms with Crippen LogP contribution >= 0.6 is 0 Å². The third kappa shape index (κ3) is 9.79. The minimum atomic E-state index is -3.95. The lowest BCUT2D eigenvalue weighted by Crippen LogP contribution is -2.30. The summed E-state index contributed by atoms with van der Waals surface area (Å²) >= 11 is 0. The Kier molecular flexibility index (Phi) is 4.54. The summed E-state index contributed by atoms with van der Waals surface area (Å²) in [6.45, 7) is -0.119. The van der Waals surface area contributed by atoms with E-state index in [1.165, 1.54) is 0 Å². The molecule has 0 aliphatic rings. The number of rotatable bonds is 5. The molecule has 0 aromatic heterocycles. The van der Waals surface area contributed by atoms with Gasteiger partial charge in [0.1, 0.15) is 0 Å². The molecule has 0 aromatic carbocycles. The van der Waals surface area contributed by atoms with Crippen molar-refractivity contribution in [2.75, 3.05) is 18.8 Å².